The second-order valence-corrected chi connectivity index (χ2v) is 8.62. The van der Waals surface area contributed by atoms with Crippen LogP contribution in [0.5, 0.6) is 11.5 Å². The Morgan fingerprint density at radius 3 is 2.45 bits per heavy atom. The summed E-state index contributed by atoms with van der Waals surface area (Å²) in [5.41, 5.74) is 0.795. The van der Waals surface area contributed by atoms with Gasteiger partial charge in [0.15, 0.2) is 0 Å². The fourth-order valence-electron chi connectivity index (χ4n) is 3.41. The van der Waals surface area contributed by atoms with E-state index in [4.69, 9.17) is 21.1 Å². The van der Waals surface area contributed by atoms with Gasteiger partial charge in [0.1, 0.15) is 18.0 Å². The van der Waals surface area contributed by atoms with Gasteiger partial charge in [-0.15, -0.1) is 0 Å². The Morgan fingerprint density at radius 1 is 1.07 bits per heavy atom. The van der Waals surface area contributed by atoms with Gasteiger partial charge < -0.3 is 14.8 Å². The number of anilines is 2. The first-order valence-corrected chi connectivity index (χ1v) is 10.4. The number of hydrogen-bond acceptors (Lipinski definition) is 5. The number of halogens is 1. The van der Waals surface area contributed by atoms with E-state index in [1.165, 1.54) is 20.3 Å². The number of benzene rings is 3. The van der Waals surface area contributed by atoms with Gasteiger partial charge in [-0.25, -0.2) is 8.42 Å². The Balaban J connectivity index is 1.65. The molecule has 0 saturated heterocycles. The van der Waals surface area contributed by atoms with Gasteiger partial charge in [0.2, 0.25) is 5.91 Å². The van der Waals surface area contributed by atoms with Gasteiger partial charge in [-0.1, -0.05) is 35.9 Å². The van der Waals surface area contributed by atoms with Crippen LogP contribution in [0.4, 0.5) is 11.4 Å². The summed E-state index contributed by atoms with van der Waals surface area (Å²) >= 11 is 6.13. The van der Waals surface area contributed by atoms with Gasteiger partial charge >= 0.3 is 0 Å². The zero-order chi connectivity index (χ0) is 20.8. The molecule has 0 fully saturated rings. The minimum atomic E-state index is -3.83. The molecule has 9 heteroatoms. The van der Waals surface area contributed by atoms with Gasteiger partial charge in [-0.2, -0.15) is 0 Å². The molecular weight excluding hydrogens is 416 g/mol. The molecule has 3 aromatic rings. The van der Waals surface area contributed by atoms with Crippen LogP contribution in [0.1, 0.15) is 0 Å². The van der Waals surface area contributed by atoms with Crippen LogP contribution in [0.15, 0.2) is 53.4 Å². The largest absolute Gasteiger partial charge is 0.495 e. The molecule has 1 aliphatic heterocycles. The van der Waals surface area contributed by atoms with Crippen LogP contribution in [-0.2, 0) is 14.8 Å². The van der Waals surface area contributed by atoms with Gasteiger partial charge in [0, 0.05) is 11.5 Å². The monoisotopic (exact) mass is 432 g/mol. The number of methoxy groups -OCH3 is 2. The average molecular weight is 433 g/mol. The third-order valence-electron chi connectivity index (χ3n) is 4.72. The first-order chi connectivity index (χ1) is 13.9. The fraction of sp³-hybridized carbons (Fsp3) is 0.150. The van der Waals surface area contributed by atoms with Crippen molar-refractivity contribution in [1.29, 1.82) is 0 Å². The summed E-state index contributed by atoms with van der Waals surface area (Å²) in [6.07, 6.45) is 0. The van der Waals surface area contributed by atoms with E-state index in [1.54, 1.807) is 30.3 Å². The lowest BCUT2D eigenvalue weighted by Crippen LogP contribution is -2.35. The van der Waals surface area contributed by atoms with Gasteiger partial charge in [-0.05, 0) is 23.6 Å². The van der Waals surface area contributed by atoms with Crippen molar-refractivity contribution in [1.82, 2.24) is 0 Å². The summed E-state index contributed by atoms with van der Waals surface area (Å²) in [4.78, 5) is 12.9. The van der Waals surface area contributed by atoms with Crippen molar-refractivity contribution in [2.75, 3.05) is 30.4 Å². The molecule has 0 saturated carbocycles. The Hall–Kier alpha value is -2.97. The van der Waals surface area contributed by atoms with Crippen molar-refractivity contribution < 1.29 is 22.7 Å². The highest BCUT2D eigenvalue weighted by molar-refractivity contribution is 7.93. The van der Waals surface area contributed by atoms with E-state index in [-0.39, 0.29) is 16.5 Å². The number of carbonyl (C=O) groups is 1. The minimum Gasteiger partial charge on any atom is -0.495 e. The van der Waals surface area contributed by atoms with Crippen LogP contribution in [0.3, 0.4) is 0 Å². The molecule has 1 N–H and O–H groups in total. The molecule has 0 unspecified atom stereocenters. The van der Waals surface area contributed by atoms with Crippen molar-refractivity contribution in [2.24, 2.45) is 0 Å². The molecule has 1 aliphatic rings. The molecule has 0 aliphatic carbocycles. The molecule has 0 radical (unpaired) electrons. The number of nitrogens with one attached hydrogen (secondary N) is 1. The maximum atomic E-state index is 13.0. The molecule has 1 heterocycles. The zero-order valence-corrected chi connectivity index (χ0v) is 17.2. The van der Waals surface area contributed by atoms with Crippen LogP contribution >= 0.6 is 11.6 Å². The zero-order valence-electron chi connectivity index (χ0n) is 15.6. The summed E-state index contributed by atoms with van der Waals surface area (Å²) in [5, 5.41) is 4.37. The van der Waals surface area contributed by atoms with E-state index >= 15 is 0 Å². The van der Waals surface area contributed by atoms with Crippen LogP contribution in [0, 0.1) is 0 Å². The molecule has 0 aromatic heterocycles. The molecule has 4 rings (SSSR count). The second kappa shape index (κ2) is 7.13. The van der Waals surface area contributed by atoms with Crippen LogP contribution in [0.2, 0.25) is 5.02 Å². The van der Waals surface area contributed by atoms with E-state index in [0.717, 1.165) is 9.69 Å². The highest BCUT2D eigenvalue weighted by Gasteiger charge is 2.36. The van der Waals surface area contributed by atoms with E-state index in [1.807, 2.05) is 12.1 Å². The van der Waals surface area contributed by atoms with Gasteiger partial charge in [-0.3, -0.25) is 9.10 Å². The standard InChI is InChI=1S/C20H17ClN2O5S/c1-27-16-10-17(28-2)14(9-13(16)21)22-19(24)11-23-15-7-3-5-12-6-4-8-18(20(12)15)29(23,25)26/h3-10H,11H2,1-2H3,(H,22,24). The number of amides is 1. The van der Waals surface area contributed by atoms with E-state index in [2.05, 4.69) is 5.32 Å². The first kappa shape index (κ1) is 19.4. The number of carbonyl (C=O) groups excluding carboxylic acids is 1. The van der Waals surface area contributed by atoms with Crippen LogP contribution in [-0.4, -0.2) is 35.1 Å². The van der Waals surface area contributed by atoms with Gasteiger partial charge in [0.05, 0.1) is 35.5 Å². The quantitative estimate of drug-likeness (QED) is 0.665. The maximum absolute atomic E-state index is 13.0. The molecule has 1 amide bonds. The number of rotatable bonds is 5. The SMILES string of the molecule is COc1cc(OC)c(NC(=O)CN2c3cccc4cccc(c34)S2(=O)=O)cc1Cl. The molecule has 3 aromatic carbocycles. The molecular formula is C20H17ClN2O5S. The smallest absolute Gasteiger partial charge is 0.265 e. The number of ether oxygens (including phenoxy) is 2. The molecule has 29 heavy (non-hydrogen) atoms. The third kappa shape index (κ3) is 3.14. The summed E-state index contributed by atoms with van der Waals surface area (Å²) in [6.45, 7) is -0.386. The lowest BCUT2D eigenvalue weighted by atomic mass is 10.1. The lowest BCUT2D eigenvalue weighted by molar-refractivity contribution is -0.114. The highest BCUT2D eigenvalue weighted by Crippen LogP contribution is 2.42. The van der Waals surface area contributed by atoms with Crippen molar-refractivity contribution in [3.05, 3.63) is 53.6 Å². The lowest BCUT2D eigenvalue weighted by Gasteiger charge is -2.19. The summed E-state index contributed by atoms with van der Waals surface area (Å²) in [5.74, 6) is 0.206. The van der Waals surface area contributed by atoms with E-state index in [0.29, 0.717) is 28.3 Å². The predicted molar refractivity (Wildman–Crippen MR) is 112 cm³/mol. The van der Waals surface area contributed by atoms with Gasteiger partial charge in [0.25, 0.3) is 10.0 Å². The fourth-order valence-corrected chi connectivity index (χ4v) is 5.31. The third-order valence-corrected chi connectivity index (χ3v) is 6.81. The van der Waals surface area contributed by atoms with Crippen LogP contribution < -0.4 is 19.1 Å². The number of nitrogens with zero attached hydrogens (tertiary/aromatic N) is 1. The summed E-state index contributed by atoms with van der Waals surface area (Å²) in [6, 6.07) is 13.4. The molecule has 150 valence electrons. The van der Waals surface area contributed by atoms with Crippen molar-refractivity contribution in [3.8, 4) is 11.5 Å². The molecule has 0 spiro atoms. The second-order valence-electron chi connectivity index (χ2n) is 6.38. The molecule has 0 bridgehead atoms. The Kier molecular flexibility index (Phi) is 4.76. The Labute approximate surface area is 172 Å². The Morgan fingerprint density at radius 2 is 1.76 bits per heavy atom. The van der Waals surface area contributed by atoms with Crippen molar-refractivity contribution in [3.63, 3.8) is 0 Å². The highest BCUT2D eigenvalue weighted by atomic mass is 35.5. The van der Waals surface area contributed by atoms with Crippen molar-refractivity contribution in [2.45, 2.75) is 4.90 Å². The predicted octanol–water partition coefficient (Wildman–Crippen LogP) is 3.66. The van der Waals surface area contributed by atoms with Crippen LogP contribution in [0.25, 0.3) is 10.8 Å². The minimum absolute atomic E-state index is 0.198. The summed E-state index contributed by atoms with van der Waals surface area (Å²) < 4.78 is 37.5. The number of sulfonamides is 1. The molecule has 7 nitrogen and oxygen atoms in total. The average Bonchev–Trinajstić information content (AvgIpc) is 2.91. The maximum Gasteiger partial charge on any atom is 0.265 e. The Bertz CT molecular complexity index is 1240. The van der Waals surface area contributed by atoms with E-state index < -0.39 is 15.9 Å². The number of hydrogen-bond donors (Lipinski definition) is 1. The van der Waals surface area contributed by atoms with Crippen molar-refractivity contribution >= 4 is 49.7 Å². The molecule has 0 atom stereocenters. The topological polar surface area (TPSA) is 84.9 Å². The normalized spacial score (nSPS) is 14.1. The summed E-state index contributed by atoms with van der Waals surface area (Å²) in [7, 11) is -0.912. The van der Waals surface area contributed by atoms with E-state index in [9.17, 15) is 13.2 Å². The first-order valence-electron chi connectivity index (χ1n) is 8.62.